The SMILES string of the molecule is CC([C@H]1[C@H](C(=O)O)N2C(=O)C[C@@H]2S1(=O)=O)n1ccnn1. The summed E-state index contributed by atoms with van der Waals surface area (Å²) in [5, 5.41) is 14.4. The van der Waals surface area contributed by atoms with Crippen molar-refractivity contribution in [2.45, 2.75) is 36.1 Å². The normalized spacial score (nSPS) is 32.5. The maximum atomic E-state index is 12.4. The van der Waals surface area contributed by atoms with Crippen LogP contribution < -0.4 is 0 Å². The molecule has 2 saturated heterocycles. The van der Waals surface area contributed by atoms with Crippen molar-refractivity contribution >= 4 is 21.7 Å². The molecule has 9 nitrogen and oxygen atoms in total. The van der Waals surface area contributed by atoms with Crippen LogP contribution in [0.25, 0.3) is 0 Å². The van der Waals surface area contributed by atoms with Gasteiger partial charge < -0.3 is 10.0 Å². The fourth-order valence-electron chi connectivity index (χ4n) is 2.91. The van der Waals surface area contributed by atoms with Crippen molar-refractivity contribution in [3.8, 4) is 0 Å². The van der Waals surface area contributed by atoms with E-state index in [9.17, 15) is 23.1 Å². The van der Waals surface area contributed by atoms with E-state index in [4.69, 9.17) is 0 Å². The van der Waals surface area contributed by atoms with E-state index in [1.807, 2.05) is 0 Å². The predicted octanol–water partition coefficient (Wildman–Crippen LogP) is -1.35. The quantitative estimate of drug-likeness (QED) is 0.684. The fraction of sp³-hybridized carbons (Fsp3) is 0.600. The van der Waals surface area contributed by atoms with Gasteiger partial charge >= 0.3 is 5.97 Å². The van der Waals surface area contributed by atoms with Crippen molar-refractivity contribution in [1.29, 1.82) is 0 Å². The van der Waals surface area contributed by atoms with Crippen LogP contribution in [0.1, 0.15) is 19.4 Å². The van der Waals surface area contributed by atoms with Crippen molar-refractivity contribution in [3.63, 3.8) is 0 Å². The number of carbonyl (C=O) groups is 2. The number of fused-ring (bicyclic) bond motifs is 1. The van der Waals surface area contributed by atoms with Crippen LogP contribution in [-0.2, 0) is 19.4 Å². The highest BCUT2D eigenvalue weighted by atomic mass is 32.2. The number of aromatic nitrogens is 3. The van der Waals surface area contributed by atoms with E-state index in [-0.39, 0.29) is 6.42 Å². The summed E-state index contributed by atoms with van der Waals surface area (Å²) in [6, 6.07) is -2.09. The highest BCUT2D eigenvalue weighted by molar-refractivity contribution is 7.93. The number of nitrogens with zero attached hydrogens (tertiary/aromatic N) is 4. The molecule has 0 aromatic carbocycles. The molecule has 1 amide bonds. The van der Waals surface area contributed by atoms with Gasteiger partial charge in [0.05, 0.1) is 18.7 Å². The molecule has 2 aliphatic rings. The first-order valence-corrected chi connectivity index (χ1v) is 7.59. The van der Waals surface area contributed by atoms with E-state index in [0.717, 1.165) is 4.90 Å². The summed E-state index contributed by atoms with van der Waals surface area (Å²) >= 11 is 0. The van der Waals surface area contributed by atoms with Crippen LogP contribution in [0.5, 0.6) is 0 Å². The summed E-state index contributed by atoms with van der Waals surface area (Å²) in [5.41, 5.74) is 0. The zero-order chi connectivity index (χ0) is 14.7. The predicted molar refractivity (Wildman–Crippen MR) is 64.1 cm³/mol. The molecule has 2 fully saturated rings. The van der Waals surface area contributed by atoms with E-state index in [2.05, 4.69) is 10.3 Å². The summed E-state index contributed by atoms with van der Waals surface area (Å²) < 4.78 is 26.2. The second-order valence-electron chi connectivity index (χ2n) is 4.92. The van der Waals surface area contributed by atoms with E-state index < -0.39 is 44.4 Å². The average molecular weight is 300 g/mol. The van der Waals surface area contributed by atoms with Gasteiger partial charge in [-0.3, -0.25) is 4.79 Å². The molecule has 20 heavy (non-hydrogen) atoms. The summed E-state index contributed by atoms with van der Waals surface area (Å²) in [4.78, 5) is 23.9. The van der Waals surface area contributed by atoms with Crippen LogP contribution in [0, 0.1) is 0 Å². The van der Waals surface area contributed by atoms with Crippen LogP contribution in [-0.4, -0.2) is 62.0 Å². The lowest BCUT2D eigenvalue weighted by Crippen LogP contribution is -2.56. The number of hydrogen-bond acceptors (Lipinski definition) is 6. The Morgan fingerprint density at radius 3 is 2.75 bits per heavy atom. The van der Waals surface area contributed by atoms with Gasteiger partial charge in [-0.25, -0.2) is 17.9 Å². The minimum Gasteiger partial charge on any atom is -0.480 e. The lowest BCUT2D eigenvalue weighted by atomic mass is 10.0. The minimum atomic E-state index is -3.74. The Labute approximate surface area is 114 Å². The Bertz CT molecular complexity index is 670. The summed E-state index contributed by atoms with van der Waals surface area (Å²) in [7, 11) is -3.74. The summed E-state index contributed by atoms with van der Waals surface area (Å²) in [6.45, 7) is 1.56. The van der Waals surface area contributed by atoms with Gasteiger partial charge in [0.25, 0.3) is 0 Å². The number of carboxylic acids is 1. The zero-order valence-electron chi connectivity index (χ0n) is 10.4. The fourth-order valence-corrected chi connectivity index (χ4v) is 5.50. The molecular weight excluding hydrogens is 288 g/mol. The summed E-state index contributed by atoms with van der Waals surface area (Å²) in [6.07, 6.45) is 2.71. The van der Waals surface area contributed by atoms with Crippen LogP contribution in [0.15, 0.2) is 12.4 Å². The van der Waals surface area contributed by atoms with E-state index >= 15 is 0 Å². The first-order valence-electron chi connectivity index (χ1n) is 5.98. The van der Waals surface area contributed by atoms with E-state index in [1.54, 1.807) is 6.92 Å². The van der Waals surface area contributed by atoms with Crippen LogP contribution >= 0.6 is 0 Å². The monoisotopic (exact) mass is 300 g/mol. The number of β-lactam (4-membered cyclic amide) rings is 1. The van der Waals surface area contributed by atoms with Crippen molar-refractivity contribution in [3.05, 3.63) is 12.4 Å². The molecule has 10 heteroatoms. The smallest absolute Gasteiger partial charge is 0.327 e. The molecule has 1 aromatic heterocycles. The van der Waals surface area contributed by atoms with Crippen LogP contribution in [0.2, 0.25) is 0 Å². The third-order valence-electron chi connectivity index (χ3n) is 3.90. The lowest BCUT2D eigenvalue weighted by molar-refractivity contribution is -0.156. The number of carboxylic acid groups (broad SMARTS) is 1. The molecule has 108 valence electrons. The second kappa shape index (κ2) is 4.01. The molecule has 0 bridgehead atoms. The largest absolute Gasteiger partial charge is 0.480 e. The average Bonchev–Trinajstić information content (AvgIpc) is 2.92. The van der Waals surface area contributed by atoms with Gasteiger partial charge in [0, 0.05) is 6.20 Å². The Balaban J connectivity index is 2.07. The van der Waals surface area contributed by atoms with Gasteiger partial charge in [0.1, 0.15) is 16.7 Å². The highest BCUT2D eigenvalue weighted by Crippen LogP contribution is 2.43. The number of amides is 1. The first-order chi connectivity index (χ1) is 9.35. The molecule has 1 unspecified atom stereocenters. The van der Waals surface area contributed by atoms with Gasteiger partial charge in [0.2, 0.25) is 5.91 Å². The Morgan fingerprint density at radius 2 is 2.25 bits per heavy atom. The van der Waals surface area contributed by atoms with Crippen molar-refractivity contribution in [2.75, 3.05) is 0 Å². The van der Waals surface area contributed by atoms with Gasteiger partial charge in [-0.05, 0) is 6.92 Å². The number of sulfone groups is 1. The van der Waals surface area contributed by atoms with Crippen molar-refractivity contribution in [1.82, 2.24) is 19.9 Å². The van der Waals surface area contributed by atoms with Gasteiger partial charge in [-0.2, -0.15) is 0 Å². The number of hydrogen-bond donors (Lipinski definition) is 1. The lowest BCUT2D eigenvalue weighted by Gasteiger charge is -2.35. The molecule has 0 radical (unpaired) electrons. The standard InChI is InChI=1S/C10H12N4O5S/c1-5(13-3-2-11-12-13)9-8(10(16)17)14-6(15)4-7(14)20(9,18)19/h2-3,5,7-9H,4H2,1H3,(H,16,17)/t5?,7-,8+,9-/m0/s1. The molecule has 3 rings (SSSR count). The topological polar surface area (TPSA) is 122 Å². The van der Waals surface area contributed by atoms with Gasteiger partial charge in [-0.15, -0.1) is 5.10 Å². The first kappa shape index (κ1) is 13.0. The molecule has 3 heterocycles. The Hall–Kier alpha value is -1.97. The summed E-state index contributed by atoms with van der Waals surface area (Å²) in [5.74, 6) is -1.76. The molecule has 1 aromatic rings. The molecular formula is C10H12N4O5S. The number of carbonyl (C=O) groups excluding carboxylic acids is 1. The maximum Gasteiger partial charge on any atom is 0.327 e. The van der Waals surface area contributed by atoms with Crippen molar-refractivity contribution in [2.24, 2.45) is 0 Å². The second-order valence-corrected chi connectivity index (χ2v) is 7.19. The Kier molecular flexibility index (Phi) is 2.61. The minimum absolute atomic E-state index is 0.146. The molecule has 0 spiro atoms. The van der Waals surface area contributed by atoms with E-state index in [0.29, 0.717) is 0 Å². The molecule has 0 aliphatic carbocycles. The van der Waals surface area contributed by atoms with Gasteiger partial charge in [-0.1, -0.05) is 5.21 Å². The zero-order valence-corrected chi connectivity index (χ0v) is 11.3. The molecule has 0 saturated carbocycles. The Morgan fingerprint density at radius 1 is 1.55 bits per heavy atom. The van der Waals surface area contributed by atoms with E-state index in [1.165, 1.54) is 17.1 Å². The molecule has 4 atom stereocenters. The maximum absolute atomic E-state index is 12.4. The highest BCUT2D eigenvalue weighted by Gasteiger charge is 2.65. The third kappa shape index (κ3) is 1.51. The van der Waals surface area contributed by atoms with Gasteiger partial charge in [0.15, 0.2) is 9.84 Å². The third-order valence-corrected chi connectivity index (χ3v) is 6.47. The van der Waals surface area contributed by atoms with Crippen molar-refractivity contribution < 1.29 is 23.1 Å². The van der Waals surface area contributed by atoms with Crippen LogP contribution in [0.3, 0.4) is 0 Å². The van der Waals surface area contributed by atoms with Crippen LogP contribution in [0.4, 0.5) is 0 Å². The number of aliphatic carboxylic acids is 1. The molecule has 2 aliphatic heterocycles. The molecule has 1 N–H and O–H groups in total. The number of rotatable bonds is 3.